The Morgan fingerprint density at radius 3 is 0.293 bits per heavy atom. The van der Waals surface area contributed by atoms with Crippen LogP contribution in [-0.2, 0) is 0 Å². The van der Waals surface area contributed by atoms with E-state index in [0.717, 1.165) is 0 Å². The van der Waals surface area contributed by atoms with Crippen molar-refractivity contribution < 1.29 is 0 Å². The van der Waals surface area contributed by atoms with Gasteiger partial charge in [-0.1, -0.05) is 71.8 Å². The Bertz CT molecular complexity index is 1310. The van der Waals surface area contributed by atoms with E-state index in [0.29, 0.717) is 49.4 Å². The lowest BCUT2D eigenvalue weighted by atomic mass is 8.65. The summed E-state index contributed by atoms with van der Waals surface area (Å²) in [6.45, 7) is -9.72. The van der Waals surface area contributed by atoms with E-state index in [9.17, 15) is 0 Å². The summed E-state index contributed by atoms with van der Waals surface area (Å²) in [5.41, 5.74) is 0. The van der Waals surface area contributed by atoms with Crippen molar-refractivity contribution in [2.45, 2.75) is 0 Å². The highest BCUT2D eigenvalue weighted by atomic mass is 33.2. The van der Waals surface area contributed by atoms with Crippen LogP contribution in [0.15, 0.2) is 0 Å². The highest BCUT2D eigenvalue weighted by Crippen LogP contribution is 3.20. The molecule has 0 amide bonds. The fourth-order valence-corrected chi connectivity index (χ4v) is 539. The third-order valence-electron chi connectivity index (χ3n) is 10.1. The summed E-state index contributed by atoms with van der Waals surface area (Å²) in [7, 11) is 148. The van der Waals surface area contributed by atoms with E-state index in [2.05, 4.69) is 375 Å². The van der Waals surface area contributed by atoms with Gasteiger partial charge in [0.25, 0.3) is 0 Å². The van der Waals surface area contributed by atoms with Crippen LogP contribution in [0.1, 0.15) is 0 Å². The molecule has 82 heavy (non-hydrogen) atoms. The molecule has 0 fully saturated rings. The van der Waals surface area contributed by atoms with Gasteiger partial charge in [0.1, 0.15) is 0 Å². The maximum atomic E-state index is 3.73. The van der Waals surface area contributed by atoms with Gasteiger partial charge in [0.2, 0.25) is 0 Å². The quantitative estimate of drug-likeness (QED) is 0.0425. The molecule has 0 nitrogen and oxygen atoms in total. The molecule has 0 saturated carbocycles. The van der Waals surface area contributed by atoms with Gasteiger partial charge in [0.05, 0.1) is 12.8 Å². The second-order valence-electron chi connectivity index (χ2n) is 15.3. The molecule has 0 heterocycles. The topological polar surface area (TPSA) is 0 Å². The first-order valence-corrected chi connectivity index (χ1v) is 147. The van der Waals surface area contributed by atoms with Crippen molar-refractivity contribution in [2.24, 2.45) is 0 Å². The van der Waals surface area contributed by atoms with Crippen molar-refractivity contribution >= 4 is 650 Å². The molecule has 0 spiro atoms. The molecule has 0 aliphatic heterocycles. The standard InChI is InChI=1S/B8H84P74/c9-61(10)51(62(11)12)4(60(79(45)46)82(80(47)48)81(49)50)1(2(5(52(63(13)14)64(15)16)53(65(17)18)66(19)20)6(54(67(21)22)68(23)24)55(69(25)26)70(27)28)3(7(56(71(29)30)72(31)32)57(73(33)34)74(35)36)8(58(75(37)38)76(39)40)59(77(41)42)78(43)44/h9-50H2. The molecule has 0 radical (unpaired) electrons. The molecule has 0 N–H and O–H groups in total. The van der Waals surface area contributed by atoms with Gasteiger partial charge in [-0.25, -0.2) is 0 Å². The Balaban J connectivity index is 12.9. The number of rotatable bonds is 39. The molecule has 0 aliphatic carbocycles. The SMILES string of the molecule is PP(P)P(B(B(B(B(B(P(P(P)P)P(P)P)P(P(P)P)P(P)P)B(P(P(P)P)P(P)P)P(P(P)P)P(P)P)B(P(P(P)P)P(P)P)P(P(P)P)P(P(P)P)P(P)P)B(P(P(P)P)P(P)P)P(P(P)P)P(P)P)P(P(P)P)P(P)P)P(P)P. The molecule has 0 bridgehead atoms. The van der Waals surface area contributed by atoms with Crippen molar-refractivity contribution in [3.63, 3.8) is 0 Å². The highest BCUT2D eigenvalue weighted by Gasteiger charge is 2.70. The summed E-state index contributed by atoms with van der Waals surface area (Å²) in [6.07, 6.45) is 1.63. The van der Waals surface area contributed by atoms with Crippen LogP contribution in [0, 0.1) is 0 Å². The van der Waals surface area contributed by atoms with Crippen LogP contribution in [0.25, 0.3) is 0 Å². The van der Waals surface area contributed by atoms with Crippen molar-refractivity contribution in [3.05, 3.63) is 0 Å². The lowest BCUT2D eigenvalue weighted by Gasteiger charge is -2.59. The normalized spacial score (nSPS) is 14.2. The van der Waals surface area contributed by atoms with E-state index in [1.54, 1.807) is 0 Å². The Morgan fingerprint density at radius 2 is 0.207 bits per heavy atom. The molecular weight excluding hydrogens is 2380 g/mol. The van der Waals surface area contributed by atoms with Crippen LogP contribution in [-0.4, -0.2) is 49.4 Å². The van der Waals surface area contributed by atoms with Gasteiger partial charge >= 0.3 is 0 Å². The predicted octanol–water partition coefficient (Wildman–Crippen LogP) is 38.2. The van der Waals surface area contributed by atoms with Crippen molar-refractivity contribution in [2.75, 3.05) is 0 Å². The van der Waals surface area contributed by atoms with Crippen LogP contribution in [0.3, 0.4) is 0 Å². The first-order valence-electron chi connectivity index (χ1n) is 20.2. The van der Waals surface area contributed by atoms with E-state index in [1.807, 2.05) is 0 Å². The molecular formula is H84B8P74. The fourth-order valence-electron chi connectivity index (χ4n) is 7.96. The molecule has 43 unspecified atom stereocenters. The Hall–Kier alpha value is 32.3. The van der Waals surface area contributed by atoms with E-state index >= 15 is 0 Å². The second kappa shape index (κ2) is 61.6. The second-order valence-corrected chi connectivity index (χ2v) is 279. The zero-order chi connectivity index (χ0) is 65.1. The Morgan fingerprint density at radius 1 is 0.110 bits per heavy atom. The van der Waals surface area contributed by atoms with Gasteiger partial charge in [-0.05, 0) is 154 Å². The van der Waals surface area contributed by atoms with Gasteiger partial charge in [-0.3, -0.25) is 0 Å². The van der Waals surface area contributed by atoms with E-state index in [4.69, 9.17) is 0 Å². The minimum absolute atomic E-state index is 0.375. The molecule has 478 valence electrons. The van der Waals surface area contributed by atoms with Gasteiger partial charge in [-0.15, -0.1) is 375 Å². The minimum Gasteiger partial charge on any atom is -0.103 e. The van der Waals surface area contributed by atoms with E-state index in [-0.39, 0.29) is 21.0 Å². The molecule has 0 aromatic carbocycles. The van der Waals surface area contributed by atoms with Crippen molar-refractivity contribution in [3.8, 4) is 0 Å². The zero-order valence-electron chi connectivity index (χ0n) is 43.2. The van der Waals surface area contributed by atoms with Gasteiger partial charge in [-0.2, -0.15) is 0 Å². The Labute approximate surface area is 640 Å². The lowest BCUT2D eigenvalue weighted by Crippen LogP contribution is -2.73. The number of hydrogen-bond acceptors (Lipinski definition) is 0. The van der Waals surface area contributed by atoms with Gasteiger partial charge < -0.3 is 0 Å². The largest absolute Gasteiger partial charge is 0.177 e. The van der Waals surface area contributed by atoms with Crippen molar-refractivity contribution in [1.29, 1.82) is 0 Å². The molecule has 43 atom stereocenters. The summed E-state index contributed by atoms with van der Waals surface area (Å²) < 4.78 is 0. The summed E-state index contributed by atoms with van der Waals surface area (Å²) >= 11 is 0. The lowest BCUT2D eigenvalue weighted by molar-refractivity contribution is 3.40. The fraction of sp³-hybridized carbons (Fsp3) is 0. The highest BCUT2D eigenvalue weighted by molar-refractivity contribution is 9.26. The molecule has 0 aliphatic rings. The monoisotopic (exact) mass is 2460 g/mol. The smallest absolute Gasteiger partial charge is 0.103 e. The van der Waals surface area contributed by atoms with Gasteiger partial charge in [0.15, 0.2) is 30.2 Å². The van der Waals surface area contributed by atoms with Gasteiger partial charge in [0, 0.05) is 6.39 Å². The molecule has 82 heteroatoms. The summed E-state index contributed by atoms with van der Waals surface area (Å²) in [5.74, 6) is 0. The minimum atomic E-state index is -0.523. The number of hydrogen-bond donors (Lipinski definition) is 0. The van der Waals surface area contributed by atoms with Crippen LogP contribution in [0.4, 0.5) is 0 Å². The third-order valence-corrected chi connectivity index (χ3v) is 316. The summed E-state index contributed by atoms with van der Waals surface area (Å²) in [5, 5.41) is 0. The van der Waals surface area contributed by atoms with E-state index < -0.39 is 205 Å². The molecule has 0 aromatic rings. The molecule has 0 saturated heterocycles. The first kappa shape index (κ1) is 114. The molecule has 0 rings (SSSR count). The average molecular weight is 2460 g/mol. The maximum Gasteiger partial charge on any atom is 0.177 e. The first-order chi connectivity index (χ1) is 37.2. The average Bonchev–Trinajstić information content (AvgIpc) is 3.24. The summed E-state index contributed by atoms with van der Waals surface area (Å²) in [4.78, 5) is 0. The zero-order valence-corrected chi connectivity index (χ0v) is 120. The predicted molar refractivity (Wildman–Crippen MR) is 675 cm³/mol. The van der Waals surface area contributed by atoms with Crippen LogP contribution in [0.5, 0.6) is 0 Å². The van der Waals surface area contributed by atoms with Crippen molar-refractivity contribution in [1.82, 2.24) is 0 Å². The van der Waals surface area contributed by atoms with Crippen LogP contribution < -0.4 is 0 Å². The van der Waals surface area contributed by atoms with Crippen LogP contribution in [0.2, 0.25) is 0 Å². The maximum absolute atomic E-state index is 3.73. The summed E-state index contributed by atoms with van der Waals surface area (Å²) in [6, 6.07) is 3.13. The van der Waals surface area contributed by atoms with Crippen LogP contribution >= 0.6 is 600 Å². The molecule has 0 aromatic heterocycles. The van der Waals surface area contributed by atoms with E-state index in [1.165, 1.54) is 0 Å². The Kier molecular flexibility index (Phi) is 85.9. The third kappa shape index (κ3) is 39.3.